The molecule has 6 aromatic rings. The van der Waals surface area contributed by atoms with Crippen LogP contribution in [0.5, 0.6) is 0 Å². The lowest BCUT2D eigenvalue weighted by Gasteiger charge is -2.24. The first kappa shape index (κ1) is 38.1. The van der Waals surface area contributed by atoms with Crippen molar-refractivity contribution in [1.29, 1.82) is 0 Å². The number of unbranched alkanes of at least 4 members (excludes halogenated alkanes) is 14. The van der Waals surface area contributed by atoms with Crippen LogP contribution in [0, 0.1) is 0 Å². The van der Waals surface area contributed by atoms with Crippen LogP contribution >= 0.6 is 68.0 Å². The molecule has 2 aliphatic heterocycles. The van der Waals surface area contributed by atoms with Gasteiger partial charge in [0.1, 0.15) is 0 Å². The van der Waals surface area contributed by atoms with Gasteiger partial charge in [-0.3, -0.25) is 9.59 Å². The van der Waals surface area contributed by atoms with E-state index in [-0.39, 0.29) is 11.8 Å². The number of carbonyl (C=O) groups is 2. The SMILES string of the molecule is CCCCCCCCCCN1C(=O)C2=C(c3cc4sc5cc(N)sc5c4s3)N(CCCCCCCCCC)C(=O)C2=C1c1cc2sc3cc(N)sc3c2s1. The molecule has 6 aromatic heterocycles. The number of nitrogens with two attached hydrogens (primary N) is 2. The van der Waals surface area contributed by atoms with E-state index in [0.717, 1.165) is 56.8 Å². The standard InChI is InChI=1S/C42H50N4O2S6/c1-3-5-7-9-11-13-15-17-19-45-35(25-21-27-37(51-25)39-29(49-27)23-31(43)53-39)33-34(41(45)47)36(46(42(33)48)20-18-16-14-12-10-8-6-4-2)26-22-28-38(52-26)40-30(50-28)24-32(44)54-40/h21-24H,3-20,43-44H2,1-2H3. The normalized spacial score (nSPS) is 15.1. The molecule has 0 atom stereocenters. The maximum absolute atomic E-state index is 15.0. The molecule has 0 aliphatic carbocycles. The zero-order valence-corrected chi connectivity index (χ0v) is 36.3. The number of nitrogens with zero attached hydrogens (tertiary/aromatic N) is 2. The van der Waals surface area contributed by atoms with Gasteiger partial charge in [-0.25, -0.2) is 0 Å². The summed E-state index contributed by atoms with van der Waals surface area (Å²) in [6.45, 7) is 5.75. The van der Waals surface area contributed by atoms with Crippen LogP contribution in [0.4, 0.5) is 10.0 Å². The monoisotopic (exact) mass is 834 g/mol. The first-order valence-corrected chi connectivity index (χ1v) is 24.8. The van der Waals surface area contributed by atoms with E-state index in [1.165, 1.54) is 115 Å². The molecule has 8 heterocycles. The zero-order chi connectivity index (χ0) is 37.3. The molecule has 12 heteroatoms. The number of nitrogen functional groups attached to an aromatic ring is 2. The average molecular weight is 835 g/mol. The molecular formula is C42H50N4O2S6. The molecule has 0 radical (unpaired) electrons. The van der Waals surface area contributed by atoms with E-state index in [1.807, 2.05) is 9.80 Å². The minimum atomic E-state index is -0.0192. The molecule has 0 fully saturated rings. The van der Waals surface area contributed by atoms with E-state index in [4.69, 9.17) is 11.5 Å². The fraction of sp³-hybridized carbons (Fsp3) is 0.476. The minimum Gasteiger partial charge on any atom is -0.391 e. The van der Waals surface area contributed by atoms with E-state index >= 15 is 0 Å². The van der Waals surface area contributed by atoms with Crippen molar-refractivity contribution in [2.45, 2.75) is 117 Å². The number of hydrogen-bond acceptors (Lipinski definition) is 10. The highest BCUT2D eigenvalue weighted by molar-refractivity contribution is 7.40. The summed E-state index contributed by atoms with van der Waals surface area (Å²) in [5.41, 5.74) is 15.3. The summed E-state index contributed by atoms with van der Waals surface area (Å²) in [7, 11) is 0. The second-order valence-electron chi connectivity index (χ2n) is 14.8. The maximum Gasteiger partial charge on any atom is 0.261 e. The lowest BCUT2D eigenvalue weighted by molar-refractivity contribution is -0.124. The number of hydrogen-bond donors (Lipinski definition) is 2. The van der Waals surface area contributed by atoms with E-state index in [9.17, 15) is 9.59 Å². The maximum atomic E-state index is 15.0. The number of thiophene rings is 6. The van der Waals surface area contributed by atoms with Crippen LogP contribution in [0.1, 0.15) is 126 Å². The van der Waals surface area contributed by atoms with Crippen LogP contribution in [-0.2, 0) is 9.59 Å². The largest absolute Gasteiger partial charge is 0.391 e. The third-order valence-corrected chi connectivity index (χ3v) is 18.0. The van der Waals surface area contributed by atoms with Gasteiger partial charge in [0.2, 0.25) is 0 Å². The van der Waals surface area contributed by atoms with Gasteiger partial charge in [-0.05, 0) is 37.1 Å². The second kappa shape index (κ2) is 16.8. The Hall–Kier alpha value is -2.74. The van der Waals surface area contributed by atoms with Crippen molar-refractivity contribution in [2.75, 3.05) is 24.6 Å². The topological polar surface area (TPSA) is 92.7 Å². The molecule has 0 unspecified atom stereocenters. The number of fused-ring (bicyclic) bond motifs is 7. The Morgan fingerprint density at radius 2 is 0.778 bits per heavy atom. The van der Waals surface area contributed by atoms with Gasteiger partial charge in [-0.15, -0.1) is 68.0 Å². The number of anilines is 2. The number of rotatable bonds is 20. The minimum absolute atomic E-state index is 0.0192. The molecule has 54 heavy (non-hydrogen) atoms. The summed E-state index contributed by atoms with van der Waals surface area (Å²) in [4.78, 5) is 35.9. The molecule has 2 aliphatic rings. The highest BCUT2D eigenvalue weighted by atomic mass is 32.1. The third kappa shape index (κ3) is 7.31. The van der Waals surface area contributed by atoms with E-state index < -0.39 is 0 Å². The van der Waals surface area contributed by atoms with Crippen LogP contribution in [0.25, 0.3) is 49.0 Å². The van der Waals surface area contributed by atoms with Gasteiger partial charge in [0, 0.05) is 31.9 Å². The zero-order valence-electron chi connectivity index (χ0n) is 31.4. The quantitative estimate of drug-likeness (QED) is 0.0749. The summed E-state index contributed by atoms with van der Waals surface area (Å²) in [6.07, 6.45) is 19.1. The van der Waals surface area contributed by atoms with Crippen LogP contribution in [0.3, 0.4) is 0 Å². The van der Waals surface area contributed by atoms with Gasteiger partial charge in [0.05, 0.1) is 61.1 Å². The van der Waals surface area contributed by atoms with Gasteiger partial charge in [0.25, 0.3) is 11.8 Å². The Balaban J connectivity index is 1.16. The highest BCUT2D eigenvalue weighted by Crippen LogP contribution is 2.53. The van der Waals surface area contributed by atoms with Crippen LogP contribution in [-0.4, -0.2) is 34.7 Å². The summed E-state index contributed by atoms with van der Waals surface area (Å²) < 4.78 is 9.62. The number of amides is 2. The fourth-order valence-electron chi connectivity index (χ4n) is 8.08. The van der Waals surface area contributed by atoms with Gasteiger partial charge < -0.3 is 21.3 Å². The Labute approximate surface area is 342 Å². The van der Waals surface area contributed by atoms with Crippen molar-refractivity contribution in [3.63, 3.8) is 0 Å². The molecule has 0 bridgehead atoms. The van der Waals surface area contributed by atoms with Crippen molar-refractivity contribution >= 4 is 139 Å². The summed E-state index contributed by atoms with van der Waals surface area (Å²) in [5, 5.41) is 1.64. The van der Waals surface area contributed by atoms with Crippen molar-refractivity contribution in [3.05, 3.63) is 45.2 Å². The molecule has 0 saturated carbocycles. The van der Waals surface area contributed by atoms with E-state index in [2.05, 4.69) is 38.1 Å². The Morgan fingerprint density at radius 1 is 0.444 bits per heavy atom. The van der Waals surface area contributed by atoms with Gasteiger partial charge in [0.15, 0.2) is 0 Å². The van der Waals surface area contributed by atoms with E-state index in [0.29, 0.717) is 24.2 Å². The van der Waals surface area contributed by atoms with Crippen LogP contribution in [0.2, 0.25) is 0 Å². The van der Waals surface area contributed by atoms with Crippen molar-refractivity contribution in [1.82, 2.24) is 9.80 Å². The van der Waals surface area contributed by atoms with Crippen molar-refractivity contribution < 1.29 is 9.59 Å². The van der Waals surface area contributed by atoms with Gasteiger partial charge in [-0.1, -0.05) is 104 Å². The average Bonchev–Trinajstić information content (AvgIpc) is 4.02. The van der Waals surface area contributed by atoms with Crippen LogP contribution in [0.15, 0.2) is 35.4 Å². The number of carbonyl (C=O) groups excluding carboxylic acids is 2. The lowest BCUT2D eigenvalue weighted by atomic mass is 10.1. The predicted octanol–water partition coefficient (Wildman–Crippen LogP) is 13.9. The molecule has 286 valence electrons. The Morgan fingerprint density at radius 3 is 1.17 bits per heavy atom. The van der Waals surface area contributed by atoms with Gasteiger partial charge in [-0.2, -0.15) is 0 Å². The Kier molecular flexibility index (Phi) is 11.9. The van der Waals surface area contributed by atoms with E-state index in [1.54, 1.807) is 68.0 Å². The molecule has 6 nitrogen and oxygen atoms in total. The smallest absolute Gasteiger partial charge is 0.261 e. The first-order valence-electron chi connectivity index (χ1n) is 19.9. The molecule has 8 rings (SSSR count). The second-order valence-corrected chi connectivity index (χ2v) is 21.2. The molecule has 0 saturated heterocycles. The lowest BCUT2D eigenvalue weighted by Crippen LogP contribution is -2.30. The van der Waals surface area contributed by atoms with Crippen molar-refractivity contribution in [2.24, 2.45) is 0 Å². The summed E-state index contributed by atoms with van der Waals surface area (Å²) >= 11 is 10.2. The molecular weight excluding hydrogens is 785 g/mol. The molecule has 0 spiro atoms. The predicted molar refractivity (Wildman–Crippen MR) is 241 cm³/mol. The third-order valence-electron chi connectivity index (χ3n) is 10.8. The molecule has 0 aromatic carbocycles. The highest BCUT2D eigenvalue weighted by Gasteiger charge is 2.49. The fourth-order valence-corrected chi connectivity index (χ4v) is 15.8. The Bertz CT molecular complexity index is 2210. The summed E-state index contributed by atoms with van der Waals surface area (Å²) in [5.74, 6) is -0.0384. The molecule has 2 amide bonds. The van der Waals surface area contributed by atoms with Crippen molar-refractivity contribution in [3.8, 4) is 0 Å². The van der Waals surface area contributed by atoms with Gasteiger partial charge >= 0.3 is 0 Å². The molecule has 4 N–H and O–H groups in total. The first-order chi connectivity index (χ1) is 26.4. The summed E-state index contributed by atoms with van der Waals surface area (Å²) in [6, 6.07) is 8.57. The van der Waals surface area contributed by atoms with Crippen LogP contribution < -0.4 is 11.5 Å².